The SMILES string of the molecule is CO[C@@H]([C@H](O)[C@H](O)C(=O)O)[C@@](O)(OC)C(=O)O. The summed E-state index contributed by atoms with van der Waals surface area (Å²) in [6, 6.07) is 0. The van der Waals surface area contributed by atoms with Gasteiger partial charge in [0, 0.05) is 14.2 Å². The number of aliphatic hydroxyl groups excluding tert-OH is 2. The average Bonchev–Trinajstić information content (AvgIpc) is 2.27. The van der Waals surface area contributed by atoms with Crippen LogP contribution in [0.15, 0.2) is 0 Å². The lowest BCUT2D eigenvalue weighted by Crippen LogP contribution is -2.60. The summed E-state index contributed by atoms with van der Waals surface area (Å²) in [5, 5.41) is 45.1. The van der Waals surface area contributed by atoms with Gasteiger partial charge < -0.3 is 35.0 Å². The number of rotatable bonds is 7. The molecular formula is C8H14O9. The van der Waals surface area contributed by atoms with E-state index in [1.54, 1.807) is 0 Å². The van der Waals surface area contributed by atoms with E-state index in [1.165, 1.54) is 0 Å². The second kappa shape index (κ2) is 5.89. The van der Waals surface area contributed by atoms with Gasteiger partial charge in [0.05, 0.1) is 0 Å². The van der Waals surface area contributed by atoms with Crippen molar-refractivity contribution in [3.05, 3.63) is 0 Å². The predicted molar refractivity (Wildman–Crippen MR) is 50.0 cm³/mol. The Kier molecular flexibility index (Phi) is 5.45. The van der Waals surface area contributed by atoms with Crippen molar-refractivity contribution >= 4 is 11.9 Å². The molecule has 0 aliphatic rings. The van der Waals surface area contributed by atoms with Gasteiger partial charge in [-0.2, -0.15) is 0 Å². The number of carboxylic acid groups (broad SMARTS) is 2. The van der Waals surface area contributed by atoms with Gasteiger partial charge in [-0.05, 0) is 0 Å². The van der Waals surface area contributed by atoms with E-state index in [4.69, 9.17) is 15.3 Å². The van der Waals surface area contributed by atoms with Gasteiger partial charge in [0.2, 0.25) is 0 Å². The van der Waals surface area contributed by atoms with Crippen LogP contribution in [0.1, 0.15) is 0 Å². The molecule has 9 heteroatoms. The topological polar surface area (TPSA) is 154 Å². The standard InChI is InChI=1S/C8H14O9/c1-16-5(3(9)4(10)6(11)12)8(15,17-2)7(13)14/h3-5,9-10,15H,1-2H3,(H,11,12)(H,13,14)/t3-,4+,5+,8-/m1/s1. The number of methoxy groups -OCH3 is 2. The minimum absolute atomic E-state index is 0.819. The highest BCUT2D eigenvalue weighted by Gasteiger charge is 2.52. The molecule has 0 rings (SSSR count). The number of aliphatic hydroxyl groups is 3. The van der Waals surface area contributed by atoms with Crippen LogP contribution < -0.4 is 0 Å². The molecule has 0 aromatic rings. The molecule has 0 radical (unpaired) electrons. The van der Waals surface area contributed by atoms with Gasteiger partial charge in [-0.15, -0.1) is 0 Å². The van der Waals surface area contributed by atoms with E-state index in [0.29, 0.717) is 0 Å². The van der Waals surface area contributed by atoms with Crippen molar-refractivity contribution in [2.45, 2.75) is 24.1 Å². The lowest BCUT2D eigenvalue weighted by Gasteiger charge is -2.33. The normalized spacial score (nSPS) is 20.1. The molecule has 0 amide bonds. The van der Waals surface area contributed by atoms with Crippen molar-refractivity contribution < 1.29 is 44.6 Å². The molecule has 0 aromatic carbocycles. The lowest BCUT2D eigenvalue weighted by atomic mass is 9.99. The second-order valence-corrected chi connectivity index (χ2v) is 3.14. The molecule has 0 aromatic heterocycles. The van der Waals surface area contributed by atoms with Crippen LogP contribution in [-0.2, 0) is 19.1 Å². The summed E-state index contributed by atoms with van der Waals surface area (Å²) >= 11 is 0. The monoisotopic (exact) mass is 254 g/mol. The zero-order valence-corrected chi connectivity index (χ0v) is 9.10. The summed E-state index contributed by atoms with van der Waals surface area (Å²) in [7, 11) is 1.73. The van der Waals surface area contributed by atoms with Crippen molar-refractivity contribution in [1.29, 1.82) is 0 Å². The predicted octanol–water partition coefficient (Wildman–Crippen LogP) is -2.77. The summed E-state index contributed by atoms with van der Waals surface area (Å²) in [4.78, 5) is 21.2. The molecule has 0 saturated heterocycles. The fourth-order valence-electron chi connectivity index (χ4n) is 1.17. The molecule has 4 atom stereocenters. The van der Waals surface area contributed by atoms with E-state index in [9.17, 15) is 19.8 Å². The van der Waals surface area contributed by atoms with E-state index in [2.05, 4.69) is 9.47 Å². The van der Waals surface area contributed by atoms with Gasteiger partial charge >= 0.3 is 11.9 Å². The quantitative estimate of drug-likeness (QED) is 0.303. The number of ether oxygens (including phenoxy) is 2. The van der Waals surface area contributed by atoms with E-state index in [-0.39, 0.29) is 0 Å². The molecule has 0 aliphatic heterocycles. The van der Waals surface area contributed by atoms with Crippen LogP contribution in [-0.4, -0.2) is 75.8 Å². The Bertz CT molecular complexity index is 291. The molecule has 9 nitrogen and oxygen atoms in total. The van der Waals surface area contributed by atoms with Crippen LogP contribution in [0.2, 0.25) is 0 Å². The first-order valence-corrected chi connectivity index (χ1v) is 4.35. The second-order valence-electron chi connectivity index (χ2n) is 3.14. The molecule has 0 unspecified atom stereocenters. The molecule has 5 N–H and O–H groups in total. The van der Waals surface area contributed by atoms with E-state index >= 15 is 0 Å². The molecule has 0 heterocycles. The van der Waals surface area contributed by atoms with E-state index in [1.807, 2.05) is 0 Å². The summed E-state index contributed by atoms with van der Waals surface area (Å²) in [5.74, 6) is -6.68. The van der Waals surface area contributed by atoms with Crippen LogP contribution in [0.3, 0.4) is 0 Å². The van der Waals surface area contributed by atoms with Crippen molar-refractivity contribution in [2.75, 3.05) is 14.2 Å². The molecule has 17 heavy (non-hydrogen) atoms. The Morgan fingerprint density at radius 2 is 1.65 bits per heavy atom. The number of aliphatic carboxylic acids is 2. The summed E-state index contributed by atoms with van der Waals surface area (Å²) in [6.07, 6.45) is -6.52. The van der Waals surface area contributed by atoms with Gasteiger partial charge in [0.1, 0.15) is 6.10 Å². The zero-order chi connectivity index (χ0) is 13.8. The van der Waals surface area contributed by atoms with Gasteiger partial charge in [-0.25, -0.2) is 9.59 Å². The minimum atomic E-state index is -2.98. The third kappa shape index (κ3) is 3.11. The first-order chi connectivity index (χ1) is 7.72. The Morgan fingerprint density at radius 1 is 1.18 bits per heavy atom. The summed E-state index contributed by atoms with van der Waals surface area (Å²) < 4.78 is 8.74. The molecule has 0 aliphatic carbocycles. The Morgan fingerprint density at radius 3 is 1.88 bits per heavy atom. The Labute approximate surface area is 95.8 Å². The van der Waals surface area contributed by atoms with E-state index < -0.39 is 36.0 Å². The maximum absolute atomic E-state index is 10.8. The van der Waals surface area contributed by atoms with Crippen molar-refractivity contribution in [3.8, 4) is 0 Å². The fourth-order valence-corrected chi connectivity index (χ4v) is 1.17. The molecule has 0 bridgehead atoms. The smallest absolute Gasteiger partial charge is 0.367 e. The Hall–Kier alpha value is -1.26. The third-order valence-electron chi connectivity index (χ3n) is 2.14. The number of carboxylic acids is 2. The average molecular weight is 254 g/mol. The molecular weight excluding hydrogens is 240 g/mol. The van der Waals surface area contributed by atoms with Crippen molar-refractivity contribution in [1.82, 2.24) is 0 Å². The van der Waals surface area contributed by atoms with Crippen LogP contribution in [0.4, 0.5) is 0 Å². The molecule has 0 saturated carbocycles. The highest BCUT2D eigenvalue weighted by atomic mass is 16.7. The first kappa shape index (κ1) is 15.7. The first-order valence-electron chi connectivity index (χ1n) is 4.35. The zero-order valence-electron chi connectivity index (χ0n) is 9.10. The van der Waals surface area contributed by atoms with Crippen LogP contribution in [0, 0.1) is 0 Å². The third-order valence-corrected chi connectivity index (χ3v) is 2.14. The fraction of sp³-hybridized carbons (Fsp3) is 0.750. The number of hydrogen-bond donors (Lipinski definition) is 5. The van der Waals surface area contributed by atoms with Gasteiger partial charge in [-0.1, -0.05) is 0 Å². The van der Waals surface area contributed by atoms with Crippen LogP contribution in [0.25, 0.3) is 0 Å². The molecule has 0 spiro atoms. The summed E-state index contributed by atoms with van der Waals surface area (Å²) in [6.45, 7) is 0. The maximum Gasteiger partial charge on any atom is 0.367 e. The van der Waals surface area contributed by atoms with Gasteiger partial charge in [-0.3, -0.25) is 0 Å². The number of hydrogen-bond acceptors (Lipinski definition) is 7. The van der Waals surface area contributed by atoms with Crippen LogP contribution >= 0.6 is 0 Å². The maximum atomic E-state index is 10.8. The highest BCUT2D eigenvalue weighted by molar-refractivity contribution is 5.77. The lowest BCUT2D eigenvalue weighted by molar-refractivity contribution is -0.273. The van der Waals surface area contributed by atoms with Crippen LogP contribution in [0.5, 0.6) is 0 Å². The summed E-state index contributed by atoms with van der Waals surface area (Å²) in [5.41, 5.74) is 0. The largest absolute Gasteiger partial charge is 0.479 e. The van der Waals surface area contributed by atoms with Crippen molar-refractivity contribution in [3.63, 3.8) is 0 Å². The van der Waals surface area contributed by atoms with E-state index in [0.717, 1.165) is 14.2 Å². The number of carbonyl (C=O) groups is 2. The van der Waals surface area contributed by atoms with Gasteiger partial charge in [0.25, 0.3) is 5.79 Å². The minimum Gasteiger partial charge on any atom is -0.479 e. The van der Waals surface area contributed by atoms with Crippen molar-refractivity contribution in [2.24, 2.45) is 0 Å². The molecule has 100 valence electrons. The highest BCUT2D eigenvalue weighted by Crippen LogP contribution is 2.20. The Balaban J connectivity index is 5.18. The van der Waals surface area contributed by atoms with Gasteiger partial charge in [0.15, 0.2) is 12.2 Å². The molecule has 0 fully saturated rings.